The van der Waals surface area contributed by atoms with Crippen LogP contribution in [0.5, 0.6) is 11.5 Å². The van der Waals surface area contributed by atoms with Crippen LogP contribution in [0.25, 0.3) is 0 Å². The average molecular weight is 523 g/mol. The lowest BCUT2D eigenvalue weighted by molar-refractivity contribution is -0.253. The Labute approximate surface area is 204 Å². The standard InChI is InChI=1S/C25H28F7NO3/c26-23(27)25(31,32)36-20-11-4-8-17(12-20)14-33-21(22(34)24(28,29)30)18-9-5-10-19(13-18)35-15-16-6-2-1-3-7-16/h4-5,8-13,16,21-23,33-34H,1-3,6-7,14-15H2. The fourth-order valence-electron chi connectivity index (χ4n) is 4.11. The van der Waals surface area contributed by atoms with Gasteiger partial charge in [-0.05, 0) is 54.2 Å². The van der Waals surface area contributed by atoms with E-state index in [1.165, 1.54) is 36.8 Å². The van der Waals surface area contributed by atoms with Gasteiger partial charge in [0.1, 0.15) is 11.5 Å². The number of aliphatic hydroxyl groups excluding tert-OH is 1. The molecule has 11 heteroatoms. The minimum absolute atomic E-state index is 0.109. The molecule has 2 aromatic rings. The Morgan fingerprint density at radius 2 is 1.58 bits per heavy atom. The molecule has 200 valence electrons. The Balaban J connectivity index is 1.73. The van der Waals surface area contributed by atoms with Crippen molar-refractivity contribution in [2.45, 2.75) is 69.5 Å². The van der Waals surface area contributed by atoms with Crippen molar-refractivity contribution < 1.29 is 45.3 Å². The summed E-state index contributed by atoms with van der Waals surface area (Å²) in [5.41, 5.74) is 0.291. The van der Waals surface area contributed by atoms with Crippen LogP contribution in [-0.4, -0.2) is 36.5 Å². The van der Waals surface area contributed by atoms with Crippen molar-refractivity contribution in [2.75, 3.05) is 6.61 Å². The molecule has 0 saturated heterocycles. The summed E-state index contributed by atoms with van der Waals surface area (Å²) >= 11 is 0. The summed E-state index contributed by atoms with van der Waals surface area (Å²) in [7, 11) is 0. The number of hydrogen-bond donors (Lipinski definition) is 2. The van der Waals surface area contributed by atoms with E-state index >= 15 is 0 Å². The number of ether oxygens (including phenoxy) is 2. The summed E-state index contributed by atoms with van der Waals surface area (Å²) in [5.74, 6) is 0.165. The topological polar surface area (TPSA) is 50.7 Å². The number of halogens is 7. The molecule has 4 nitrogen and oxygen atoms in total. The first-order valence-electron chi connectivity index (χ1n) is 11.6. The molecule has 2 unspecified atom stereocenters. The molecule has 0 aliphatic heterocycles. The first-order chi connectivity index (χ1) is 17.0. The molecule has 0 spiro atoms. The molecule has 1 aliphatic rings. The van der Waals surface area contributed by atoms with E-state index in [-0.39, 0.29) is 17.7 Å². The molecule has 1 saturated carbocycles. The highest BCUT2D eigenvalue weighted by molar-refractivity contribution is 5.32. The van der Waals surface area contributed by atoms with Crippen molar-refractivity contribution in [3.8, 4) is 11.5 Å². The van der Waals surface area contributed by atoms with Gasteiger partial charge in [-0.1, -0.05) is 43.5 Å². The number of hydrogen-bond acceptors (Lipinski definition) is 4. The molecule has 0 aromatic heterocycles. The lowest BCUT2D eigenvalue weighted by Crippen LogP contribution is -2.41. The molecule has 0 amide bonds. The Bertz CT molecular complexity index is 965. The summed E-state index contributed by atoms with van der Waals surface area (Å²) < 4.78 is 101. The van der Waals surface area contributed by atoms with Gasteiger partial charge < -0.3 is 19.9 Å². The molecule has 2 atom stereocenters. The molecule has 3 rings (SSSR count). The third kappa shape index (κ3) is 7.99. The summed E-state index contributed by atoms with van der Waals surface area (Å²) in [6.07, 6.45) is -11.1. The van der Waals surface area contributed by atoms with E-state index in [2.05, 4.69) is 10.1 Å². The summed E-state index contributed by atoms with van der Waals surface area (Å²) in [5, 5.41) is 12.6. The van der Waals surface area contributed by atoms with Crippen LogP contribution in [0.4, 0.5) is 30.7 Å². The van der Waals surface area contributed by atoms with Crippen LogP contribution in [0.15, 0.2) is 48.5 Å². The second-order valence-electron chi connectivity index (χ2n) is 8.84. The SMILES string of the molecule is OC(C(NCc1cccc(OC(F)(F)C(F)F)c1)c1cccc(OCC2CCCCC2)c1)C(F)(F)F. The molecule has 0 radical (unpaired) electrons. The third-order valence-electron chi connectivity index (χ3n) is 6.01. The Morgan fingerprint density at radius 3 is 2.25 bits per heavy atom. The monoisotopic (exact) mass is 523 g/mol. The van der Waals surface area contributed by atoms with Crippen molar-refractivity contribution in [1.29, 1.82) is 0 Å². The van der Waals surface area contributed by atoms with Crippen LogP contribution in [0.1, 0.15) is 49.3 Å². The fourth-order valence-corrected chi connectivity index (χ4v) is 4.11. The lowest BCUT2D eigenvalue weighted by atomic mass is 9.90. The fraction of sp³-hybridized carbons (Fsp3) is 0.520. The predicted octanol–water partition coefficient (Wildman–Crippen LogP) is 6.64. The maximum atomic E-state index is 13.4. The predicted molar refractivity (Wildman–Crippen MR) is 118 cm³/mol. The minimum Gasteiger partial charge on any atom is -0.493 e. The highest BCUT2D eigenvalue weighted by Crippen LogP contribution is 2.33. The van der Waals surface area contributed by atoms with Crippen LogP contribution in [-0.2, 0) is 6.54 Å². The van der Waals surface area contributed by atoms with Crippen molar-refractivity contribution in [1.82, 2.24) is 5.32 Å². The quantitative estimate of drug-likeness (QED) is 0.325. The highest BCUT2D eigenvalue weighted by atomic mass is 19.4. The largest absolute Gasteiger partial charge is 0.493 e. The van der Waals surface area contributed by atoms with Crippen LogP contribution >= 0.6 is 0 Å². The van der Waals surface area contributed by atoms with Crippen molar-refractivity contribution >= 4 is 0 Å². The maximum absolute atomic E-state index is 13.4. The lowest BCUT2D eigenvalue weighted by Gasteiger charge is -2.27. The van der Waals surface area contributed by atoms with Gasteiger partial charge in [0.25, 0.3) is 0 Å². The van der Waals surface area contributed by atoms with Gasteiger partial charge in [0.05, 0.1) is 12.6 Å². The van der Waals surface area contributed by atoms with E-state index in [9.17, 15) is 35.8 Å². The van der Waals surface area contributed by atoms with Gasteiger partial charge in [-0.2, -0.15) is 30.7 Å². The van der Waals surface area contributed by atoms with Crippen LogP contribution in [0.2, 0.25) is 0 Å². The number of aliphatic hydroxyl groups is 1. The molecule has 36 heavy (non-hydrogen) atoms. The van der Waals surface area contributed by atoms with Gasteiger partial charge in [-0.3, -0.25) is 0 Å². The summed E-state index contributed by atoms with van der Waals surface area (Å²) in [4.78, 5) is 0. The van der Waals surface area contributed by atoms with E-state index in [1.54, 1.807) is 6.07 Å². The molecular weight excluding hydrogens is 495 g/mol. The Morgan fingerprint density at radius 1 is 0.917 bits per heavy atom. The van der Waals surface area contributed by atoms with Gasteiger partial charge >= 0.3 is 18.7 Å². The van der Waals surface area contributed by atoms with Crippen molar-refractivity contribution in [2.24, 2.45) is 5.92 Å². The molecular formula is C25H28F7NO3. The van der Waals surface area contributed by atoms with Gasteiger partial charge in [0.2, 0.25) is 0 Å². The molecule has 1 aliphatic carbocycles. The molecule has 0 heterocycles. The van der Waals surface area contributed by atoms with Crippen molar-refractivity contribution in [3.05, 3.63) is 59.7 Å². The zero-order valence-corrected chi connectivity index (χ0v) is 19.3. The number of rotatable bonds is 11. The summed E-state index contributed by atoms with van der Waals surface area (Å²) in [6, 6.07) is 9.00. The van der Waals surface area contributed by atoms with E-state index < -0.39 is 36.6 Å². The Hall–Kier alpha value is -2.53. The zero-order chi connectivity index (χ0) is 26.3. The number of nitrogens with one attached hydrogen (secondary N) is 1. The van der Waals surface area contributed by atoms with Gasteiger partial charge in [0, 0.05) is 6.54 Å². The smallest absolute Gasteiger partial charge is 0.461 e. The molecule has 2 N–H and O–H groups in total. The van der Waals surface area contributed by atoms with Gasteiger partial charge in [-0.15, -0.1) is 0 Å². The second kappa shape index (κ2) is 12.1. The summed E-state index contributed by atoms with van der Waals surface area (Å²) in [6.45, 7) is 0.141. The van der Waals surface area contributed by atoms with Gasteiger partial charge in [0.15, 0.2) is 6.10 Å². The van der Waals surface area contributed by atoms with Gasteiger partial charge in [-0.25, -0.2) is 0 Å². The highest BCUT2D eigenvalue weighted by Gasteiger charge is 2.45. The van der Waals surface area contributed by atoms with Crippen LogP contribution in [0.3, 0.4) is 0 Å². The van der Waals surface area contributed by atoms with E-state index in [0.717, 1.165) is 37.8 Å². The minimum atomic E-state index is -4.96. The second-order valence-corrected chi connectivity index (χ2v) is 8.84. The normalized spacial score (nSPS) is 17.1. The van der Waals surface area contributed by atoms with Crippen LogP contribution in [0, 0.1) is 5.92 Å². The molecule has 1 fully saturated rings. The van der Waals surface area contributed by atoms with Crippen LogP contribution < -0.4 is 14.8 Å². The maximum Gasteiger partial charge on any atom is 0.461 e. The number of alkyl halides is 7. The zero-order valence-electron chi connectivity index (χ0n) is 19.3. The Kier molecular flexibility index (Phi) is 9.46. The molecule has 2 aromatic carbocycles. The third-order valence-corrected chi connectivity index (χ3v) is 6.01. The van der Waals surface area contributed by atoms with E-state index in [0.29, 0.717) is 18.3 Å². The number of benzene rings is 2. The molecule has 0 bridgehead atoms. The first kappa shape index (κ1) is 28.0. The first-order valence-corrected chi connectivity index (χ1v) is 11.6. The average Bonchev–Trinajstić information content (AvgIpc) is 2.83. The van der Waals surface area contributed by atoms with E-state index in [4.69, 9.17) is 4.74 Å². The van der Waals surface area contributed by atoms with Crippen molar-refractivity contribution in [3.63, 3.8) is 0 Å². The van der Waals surface area contributed by atoms with E-state index in [1.807, 2.05) is 0 Å².